The van der Waals surface area contributed by atoms with Crippen molar-refractivity contribution in [1.82, 2.24) is 9.97 Å². The van der Waals surface area contributed by atoms with Crippen LogP contribution >= 0.6 is 11.3 Å². The number of hydrogen-bond donors (Lipinski definition) is 0. The third-order valence-electron chi connectivity index (χ3n) is 5.58. The largest absolute Gasteiger partial charge is 0.236 e. The number of benzene rings is 3. The monoisotopic (exact) mass is 422 g/mol. The molecule has 0 atom stereocenters. The molecule has 0 unspecified atom stereocenters. The zero-order valence-corrected chi connectivity index (χ0v) is 19.3. The topological polar surface area (TPSA) is 25.8 Å². The number of fused-ring (bicyclic) bond motifs is 3. The van der Waals surface area contributed by atoms with Gasteiger partial charge < -0.3 is 0 Å². The molecule has 0 aliphatic rings. The molecule has 2 heterocycles. The number of aromatic nitrogens is 2. The number of hydrogen-bond acceptors (Lipinski definition) is 3. The number of rotatable bonds is 3. The summed E-state index contributed by atoms with van der Waals surface area (Å²) in [5.74, 6) is 0. The summed E-state index contributed by atoms with van der Waals surface area (Å²) in [5.41, 5.74) is 5.88. The molecule has 2 aromatic heterocycles. The van der Waals surface area contributed by atoms with Gasteiger partial charge in [-0.25, -0.2) is 9.97 Å². The lowest BCUT2D eigenvalue weighted by Crippen LogP contribution is -2.08. The van der Waals surface area contributed by atoms with Gasteiger partial charge in [0.1, 0.15) is 6.33 Å². The van der Waals surface area contributed by atoms with Gasteiger partial charge in [-0.05, 0) is 53.3 Å². The molecule has 5 rings (SSSR count). The van der Waals surface area contributed by atoms with Crippen LogP contribution in [0.15, 0.2) is 73.1 Å². The Bertz CT molecular complexity index is 1390. The van der Waals surface area contributed by atoms with Crippen LogP contribution < -0.4 is 0 Å². The Morgan fingerprint density at radius 1 is 0.806 bits per heavy atom. The average Bonchev–Trinajstić information content (AvgIpc) is 3.14. The summed E-state index contributed by atoms with van der Waals surface area (Å²) in [4.78, 5) is 10.6. The van der Waals surface area contributed by atoms with Crippen LogP contribution in [0.2, 0.25) is 0 Å². The molecular weight excluding hydrogens is 396 g/mol. The molecule has 0 bridgehead atoms. The van der Waals surface area contributed by atoms with Crippen molar-refractivity contribution in [3.63, 3.8) is 0 Å². The maximum atomic E-state index is 4.66. The smallest absolute Gasteiger partial charge is 0.116 e. The summed E-state index contributed by atoms with van der Waals surface area (Å²) in [7, 11) is 0. The van der Waals surface area contributed by atoms with Crippen molar-refractivity contribution in [3.05, 3.63) is 83.5 Å². The molecular formula is C28H26N2S. The average molecular weight is 423 g/mol. The second-order valence-corrected chi connectivity index (χ2v) is 10.7. The van der Waals surface area contributed by atoms with E-state index in [2.05, 4.69) is 104 Å². The summed E-state index contributed by atoms with van der Waals surface area (Å²) in [5, 5.41) is 3.85. The van der Waals surface area contributed by atoms with Crippen LogP contribution in [0.25, 0.3) is 43.4 Å². The molecule has 0 fully saturated rings. The molecule has 31 heavy (non-hydrogen) atoms. The van der Waals surface area contributed by atoms with Crippen molar-refractivity contribution < 1.29 is 0 Å². The van der Waals surface area contributed by atoms with Gasteiger partial charge in [-0.15, -0.1) is 11.3 Å². The van der Waals surface area contributed by atoms with Crippen LogP contribution in [-0.2, 0) is 6.42 Å². The second-order valence-electron chi connectivity index (χ2n) is 9.47. The first kappa shape index (κ1) is 19.9. The molecule has 0 saturated heterocycles. The molecule has 3 heteroatoms. The minimum Gasteiger partial charge on any atom is -0.236 e. The maximum absolute atomic E-state index is 4.66. The van der Waals surface area contributed by atoms with Crippen molar-refractivity contribution >= 4 is 32.2 Å². The lowest BCUT2D eigenvalue weighted by molar-refractivity contribution is 0.411. The van der Waals surface area contributed by atoms with E-state index in [1.807, 2.05) is 11.3 Å². The van der Waals surface area contributed by atoms with Gasteiger partial charge in [-0.3, -0.25) is 0 Å². The summed E-state index contributed by atoms with van der Waals surface area (Å²) in [6.45, 7) is 8.99. The quantitative estimate of drug-likeness (QED) is 0.294. The predicted octanol–water partition coefficient (Wildman–Crippen LogP) is 8.08. The molecule has 2 nitrogen and oxygen atoms in total. The van der Waals surface area contributed by atoms with E-state index < -0.39 is 0 Å². The Morgan fingerprint density at radius 2 is 1.55 bits per heavy atom. The lowest BCUT2D eigenvalue weighted by atomic mass is 9.88. The first-order chi connectivity index (χ1) is 14.9. The van der Waals surface area contributed by atoms with Crippen LogP contribution in [-0.4, -0.2) is 9.97 Å². The standard InChI is InChI=1S/C28H26N2S/c1-18-13-23-22-8-6-5-7-21(22)14-24(27(23)31-18)26-15-25(29-17-30-26)20-11-9-19(10-12-20)16-28(2,3)4/h5-15,17H,16H2,1-4H3. The SMILES string of the molecule is Cc1cc2c(s1)c(-c1cc(-c3ccc(CC(C)(C)C)cc3)ncn1)cc1ccccc12. The molecule has 0 amide bonds. The van der Waals surface area contributed by atoms with Crippen LogP contribution in [0.4, 0.5) is 0 Å². The maximum Gasteiger partial charge on any atom is 0.116 e. The number of aryl methyl sites for hydroxylation is 1. The Hall–Kier alpha value is -3.04. The van der Waals surface area contributed by atoms with Gasteiger partial charge in [-0.1, -0.05) is 69.3 Å². The highest BCUT2D eigenvalue weighted by atomic mass is 32.1. The van der Waals surface area contributed by atoms with E-state index in [1.165, 1.54) is 36.9 Å². The summed E-state index contributed by atoms with van der Waals surface area (Å²) in [6, 6.07) is 24.1. The molecule has 0 spiro atoms. The summed E-state index contributed by atoms with van der Waals surface area (Å²) in [6.07, 6.45) is 2.75. The van der Waals surface area contributed by atoms with Crippen LogP contribution in [0.3, 0.4) is 0 Å². The van der Waals surface area contributed by atoms with E-state index in [1.54, 1.807) is 6.33 Å². The minimum atomic E-state index is 0.282. The first-order valence-electron chi connectivity index (χ1n) is 10.7. The number of thiophene rings is 1. The Morgan fingerprint density at radius 3 is 2.32 bits per heavy atom. The van der Waals surface area contributed by atoms with Gasteiger partial charge in [-0.2, -0.15) is 0 Å². The van der Waals surface area contributed by atoms with Gasteiger partial charge >= 0.3 is 0 Å². The minimum absolute atomic E-state index is 0.282. The molecule has 0 saturated carbocycles. The van der Waals surface area contributed by atoms with Crippen molar-refractivity contribution in [2.75, 3.05) is 0 Å². The van der Waals surface area contributed by atoms with Crippen molar-refractivity contribution in [1.29, 1.82) is 0 Å². The van der Waals surface area contributed by atoms with Crippen LogP contribution in [0.5, 0.6) is 0 Å². The third-order valence-corrected chi connectivity index (χ3v) is 6.66. The van der Waals surface area contributed by atoms with E-state index >= 15 is 0 Å². The first-order valence-corrected chi connectivity index (χ1v) is 11.5. The Labute approximate surface area is 187 Å². The van der Waals surface area contributed by atoms with E-state index in [-0.39, 0.29) is 5.41 Å². The zero-order valence-electron chi connectivity index (χ0n) is 18.4. The van der Waals surface area contributed by atoms with Gasteiger partial charge in [0.15, 0.2) is 0 Å². The summed E-state index contributed by atoms with van der Waals surface area (Å²) >= 11 is 1.84. The van der Waals surface area contributed by atoms with E-state index in [4.69, 9.17) is 0 Å². The van der Waals surface area contributed by atoms with E-state index in [0.29, 0.717) is 0 Å². The fourth-order valence-electron chi connectivity index (χ4n) is 4.26. The molecule has 154 valence electrons. The highest BCUT2D eigenvalue weighted by molar-refractivity contribution is 7.19. The highest BCUT2D eigenvalue weighted by Crippen LogP contribution is 2.39. The van der Waals surface area contributed by atoms with Crippen molar-refractivity contribution in [2.24, 2.45) is 5.41 Å². The molecule has 3 aromatic carbocycles. The van der Waals surface area contributed by atoms with Gasteiger partial charge in [0.05, 0.1) is 11.4 Å². The fourth-order valence-corrected chi connectivity index (χ4v) is 5.31. The zero-order chi connectivity index (χ0) is 21.6. The Kier molecular flexibility index (Phi) is 4.86. The molecule has 0 N–H and O–H groups in total. The van der Waals surface area contributed by atoms with Crippen molar-refractivity contribution in [2.45, 2.75) is 34.1 Å². The third kappa shape index (κ3) is 3.98. The molecule has 5 aromatic rings. The Balaban J connectivity index is 1.60. The predicted molar refractivity (Wildman–Crippen MR) is 134 cm³/mol. The highest BCUT2D eigenvalue weighted by Gasteiger charge is 2.14. The van der Waals surface area contributed by atoms with Crippen molar-refractivity contribution in [3.8, 4) is 22.5 Å². The molecule has 0 radical (unpaired) electrons. The second kappa shape index (κ2) is 7.58. The summed E-state index contributed by atoms with van der Waals surface area (Å²) < 4.78 is 1.29. The normalized spacial score (nSPS) is 12.0. The molecule has 0 aliphatic heterocycles. The van der Waals surface area contributed by atoms with Gasteiger partial charge in [0, 0.05) is 26.1 Å². The molecule has 0 aliphatic carbocycles. The fraction of sp³-hybridized carbons (Fsp3) is 0.214. The van der Waals surface area contributed by atoms with E-state index in [9.17, 15) is 0 Å². The number of nitrogens with zero attached hydrogens (tertiary/aromatic N) is 2. The lowest BCUT2D eigenvalue weighted by Gasteiger charge is -2.18. The van der Waals surface area contributed by atoms with Crippen LogP contribution in [0.1, 0.15) is 31.2 Å². The van der Waals surface area contributed by atoms with E-state index in [0.717, 1.165) is 23.4 Å². The van der Waals surface area contributed by atoms with Gasteiger partial charge in [0.25, 0.3) is 0 Å². The van der Waals surface area contributed by atoms with Crippen LogP contribution in [0, 0.1) is 12.3 Å². The van der Waals surface area contributed by atoms with Gasteiger partial charge in [0.2, 0.25) is 0 Å².